The average Bonchev–Trinajstić information content (AvgIpc) is 2.81. The molecule has 1 aliphatic heterocycles. The van der Waals surface area contributed by atoms with E-state index < -0.39 is 23.3 Å². The monoisotopic (exact) mass is 442 g/mol. The number of carbonyl (C=O) groups excluding carboxylic acids is 2. The summed E-state index contributed by atoms with van der Waals surface area (Å²) in [5.41, 5.74) is 0.543. The number of anilines is 1. The maximum Gasteiger partial charge on any atom is 0.338 e. The predicted octanol–water partition coefficient (Wildman–Crippen LogP) is 3.89. The van der Waals surface area contributed by atoms with Crippen LogP contribution in [-0.2, 0) is 4.74 Å². The van der Waals surface area contributed by atoms with E-state index in [1.807, 2.05) is 4.90 Å². The van der Waals surface area contributed by atoms with Gasteiger partial charge >= 0.3 is 5.97 Å². The molecule has 9 heteroatoms. The molecule has 3 rings (SSSR count). The summed E-state index contributed by atoms with van der Waals surface area (Å²) in [6.45, 7) is 3.07. The molecule has 0 spiro atoms. The van der Waals surface area contributed by atoms with E-state index in [9.17, 15) is 19.7 Å². The van der Waals surface area contributed by atoms with Crippen molar-refractivity contribution in [1.82, 2.24) is 0 Å². The number of esters is 1. The van der Waals surface area contributed by atoms with E-state index >= 15 is 0 Å². The standard InChI is InChI=1S/C23H26N2O7/c1-15-8-10-24(11-9-15)19-6-4-16(12-20(19)25(28)29)23(27)32-14-21(26)18-13-17(30-2)5-7-22(18)31-3/h4-7,12-13,15H,8-11,14H2,1-3H3. The molecule has 0 N–H and O–H groups in total. The summed E-state index contributed by atoms with van der Waals surface area (Å²) in [5, 5.41) is 11.6. The van der Waals surface area contributed by atoms with Crippen LogP contribution in [0.15, 0.2) is 36.4 Å². The molecule has 1 heterocycles. The first kappa shape index (κ1) is 23.1. The Bertz CT molecular complexity index is 1010. The first-order chi connectivity index (χ1) is 15.3. The van der Waals surface area contributed by atoms with Gasteiger partial charge in [-0.15, -0.1) is 0 Å². The van der Waals surface area contributed by atoms with Gasteiger partial charge in [-0.3, -0.25) is 14.9 Å². The second-order valence-corrected chi connectivity index (χ2v) is 7.70. The summed E-state index contributed by atoms with van der Waals surface area (Å²) in [6, 6.07) is 8.97. The van der Waals surface area contributed by atoms with Crippen molar-refractivity contribution in [3.63, 3.8) is 0 Å². The number of carbonyl (C=O) groups is 2. The van der Waals surface area contributed by atoms with Gasteiger partial charge in [-0.25, -0.2) is 4.79 Å². The van der Waals surface area contributed by atoms with Crippen LogP contribution in [0.1, 0.15) is 40.5 Å². The number of nitro groups is 1. The third-order valence-electron chi connectivity index (χ3n) is 5.57. The minimum atomic E-state index is -0.817. The zero-order valence-electron chi connectivity index (χ0n) is 18.3. The summed E-state index contributed by atoms with van der Waals surface area (Å²) in [5.74, 6) is 0.0616. The van der Waals surface area contributed by atoms with Crippen LogP contribution >= 0.6 is 0 Å². The first-order valence-corrected chi connectivity index (χ1v) is 10.3. The molecular weight excluding hydrogens is 416 g/mol. The Labute approximate surface area is 186 Å². The van der Waals surface area contributed by atoms with Crippen molar-refractivity contribution in [3.05, 3.63) is 57.6 Å². The van der Waals surface area contributed by atoms with Crippen LogP contribution in [0.4, 0.5) is 11.4 Å². The van der Waals surface area contributed by atoms with Crippen molar-refractivity contribution in [2.45, 2.75) is 19.8 Å². The normalized spacial score (nSPS) is 14.0. The summed E-state index contributed by atoms with van der Waals surface area (Å²) in [7, 11) is 2.89. The van der Waals surface area contributed by atoms with Crippen LogP contribution < -0.4 is 14.4 Å². The Morgan fingerprint density at radius 1 is 1.09 bits per heavy atom. The van der Waals surface area contributed by atoms with Crippen LogP contribution in [0.2, 0.25) is 0 Å². The van der Waals surface area contributed by atoms with Crippen molar-refractivity contribution < 1.29 is 28.7 Å². The van der Waals surface area contributed by atoms with Crippen molar-refractivity contribution in [1.29, 1.82) is 0 Å². The van der Waals surface area contributed by atoms with Crippen LogP contribution in [0, 0.1) is 16.0 Å². The Balaban J connectivity index is 1.73. The second-order valence-electron chi connectivity index (χ2n) is 7.70. The molecule has 2 aromatic rings. The number of nitrogens with zero attached hydrogens (tertiary/aromatic N) is 2. The highest BCUT2D eigenvalue weighted by Crippen LogP contribution is 2.32. The predicted molar refractivity (Wildman–Crippen MR) is 118 cm³/mol. The molecule has 0 amide bonds. The summed E-state index contributed by atoms with van der Waals surface area (Å²) in [4.78, 5) is 38.2. The molecule has 0 radical (unpaired) electrons. The SMILES string of the molecule is COc1ccc(OC)c(C(=O)COC(=O)c2ccc(N3CCC(C)CC3)c([N+](=O)[O-])c2)c1. The van der Waals surface area contributed by atoms with E-state index in [1.165, 1.54) is 32.4 Å². The molecule has 170 valence electrons. The molecule has 0 bridgehead atoms. The summed E-state index contributed by atoms with van der Waals surface area (Å²) >= 11 is 0. The van der Waals surface area contributed by atoms with Crippen molar-refractivity contribution in [2.75, 3.05) is 38.8 Å². The number of nitro benzene ring substituents is 1. The van der Waals surface area contributed by atoms with E-state index in [4.69, 9.17) is 14.2 Å². The summed E-state index contributed by atoms with van der Waals surface area (Å²) in [6.07, 6.45) is 1.91. The number of hydrogen-bond donors (Lipinski definition) is 0. The molecule has 9 nitrogen and oxygen atoms in total. The molecule has 0 aliphatic carbocycles. The van der Waals surface area contributed by atoms with E-state index in [0.29, 0.717) is 23.1 Å². The molecule has 0 aromatic heterocycles. The Morgan fingerprint density at radius 2 is 1.81 bits per heavy atom. The minimum absolute atomic E-state index is 0.0104. The highest BCUT2D eigenvalue weighted by Gasteiger charge is 2.25. The lowest BCUT2D eigenvalue weighted by Crippen LogP contribution is -2.33. The van der Waals surface area contributed by atoms with E-state index in [-0.39, 0.29) is 16.8 Å². The molecule has 0 atom stereocenters. The van der Waals surface area contributed by atoms with Gasteiger partial charge in [0.2, 0.25) is 5.78 Å². The summed E-state index contributed by atoms with van der Waals surface area (Å²) < 4.78 is 15.4. The number of ether oxygens (including phenoxy) is 3. The first-order valence-electron chi connectivity index (χ1n) is 10.3. The Kier molecular flexibility index (Phi) is 7.29. The minimum Gasteiger partial charge on any atom is -0.497 e. The molecule has 32 heavy (non-hydrogen) atoms. The Hall–Kier alpha value is -3.62. The van der Waals surface area contributed by atoms with Crippen molar-refractivity contribution in [3.8, 4) is 11.5 Å². The zero-order valence-corrected chi connectivity index (χ0v) is 18.3. The van der Waals surface area contributed by atoms with Gasteiger partial charge in [0.25, 0.3) is 5.69 Å². The number of methoxy groups -OCH3 is 2. The lowest BCUT2D eigenvalue weighted by atomic mass is 9.98. The average molecular weight is 442 g/mol. The van der Waals surface area contributed by atoms with Crippen LogP contribution in [0.3, 0.4) is 0 Å². The molecule has 0 unspecified atom stereocenters. The Morgan fingerprint density at radius 3 is 2.44 bits per heavy atom. The second kappa shape index (κ2) is 10.1. The van der Waals surface area contributed by atoms with Gasteiger partial charge in [0, 0.05) is 19.2 Å². The number of benzene rings is 2. The van der Waals surface area contributed by atoms with Gasteiger partial charge in [0.05, 0.1) is 30.3 Å². The van der Waals surface area contributed by atoms with E-state index in [2.05, 4.69) is 6.92 Å². The third-order valence-corrected chi connectivity index (χ3v) is 5.57. The molecule has 1 saturated heterocycles. The van der Waals surface area contributed by atoms with Crippen molar-refractivity contribution in [2.24, 2.45) is 5.92 Å². The quantitative estimate of drug-likeness (QED) is 0.262. The number of hydrogen-bond acceptors (Lipinski definition) is 8. The molecular formula is C23H26N2O7. The van der Waals surface area contributed by atoms with Gasteiger partial charge in [0.1, 0.15) is 17.2 Å². The van der Waals surface area contributed by atoms with Crippen molar-refractivity contribution >= 4 is 23.1 Å². The topological polar surface area (TPSA) is 108 Å². The van der Waals surface area contributed by atoms with Gasteiger partial charge in [-0.05, 0) is 49.1 Å². The number of rotatable bonds is 8. The van der Waals surface area contributed by atoms with Gasteiger partial charge < -0.3 is 19.1 Å². The smallest absolute Gasteiger partial charge is 0.338 e. The molecule has 0 saturated carbocycles. The maximum atomic E-state index is 12.6. The van der Waals surface area contributed by atoms with Gasteiger partial charge in [0.15, 0.2) is 6.61 Å². The highest BCUT2D eigenvalue weighted by molar-refractivity contribution is 6.02. The van der Waals surface area contributed by atoms with Crippen LogP contribution in [0.5, 0.6) is 11.5 Å². The lowest BCUT2D eigenvalue weighted by Gasteiger charge is -2.31. The molecule has 1 aliphatic rings. The zero-order chi connectivity index (χ0) is 23.3. The highest BCUT2D eigenvalue weighted by atomic mass is 16.6. The number of ketones is 1. The largest absolute Gasteiger partial charge is 0.497 e. The maximum absolute atomic E-state index is 12.6. The van der Waals surface area contributed by atoms with E-state index in [1.54, 1.807) is 18.2 Å². The van der Waals surface area contributed by atoms with Gasteiger partial charge in [-0.2, -0.15) is 0 Å². The molecule has 2 aromatic carbocycles. The lowest BCUT2D eigenvalue weighted by molar-refractivity contribution is -0.384. The fraction of sp³-hybridized carbons (Fsp3) is 0.391. The fourth-order valence-corrected chi connectivity index (χ4v) is 3.64. The third kappa shape index (κ3) is 5.16. The van der Waals surface area contributed by atoms with E-state index in [0.717, 1.165) is 25.9 Å². The van der Waals surface area contributed by atoms with Crippen LogP contribution in [0.25, 0.3) is 0 Å². The van der Waals surface area contributed by atoms with Gasteiger partial charge in [-0.1, -0.05) is 6.92 Å². The number of piperidine rings is 1. The fourth-order valence-electron chi connectivity index (χ4n) is 3.64. The van der Waals surface area contributed by atoms with Crippen LogP contribution in [-0.4, -0.2) is 50.6 Å². The number of Topliss-reactive ketones (excluding diaryl/α,β-unsaturated/α-hetero) is 1. The molecule has 1 fully saturated rings.